The van der Waals surface area contributed by atoms with Crippen LogP contribution in [0.5, 0.6) is 11.5 Å². The number of carbonyl (C=O) groups excluding carboxylic acids is 1. The van der Waals surface area contributed by atoms with Gasteiger partial charge >= 0.3 is 5.97 Å². The third-order valence-corrected chi connectivity index (χ3v) is 2.71. The number of ether oxygens (including phenoxy) is 4. The molecule has 1 aromatic rings. The minimum absolute atomic E-state index is 0.197. The predicted octanol–water partition coefficient (Wildman–Crippen LogP) is 2.05. The monoisotopic (exact) mass is 278 g/mol. The second-order valence-corrected chi connectivity index (χ2v) is 4.26. The largest absolute Gasteiger partial charge is 0.493 e. The van der Waals surface area contributed by atoms with Crippen LogP contribution in [0, 0.1) is 0 Å². The average molecular weight is 278 g/mol. The molecule has 1 fully saturated rings. The topological polar surface area (TPSA) is 57.3 Å². The summed E-state index contributed by atoms with van der Waals surface area (Å²) in [6, 6.07) is 5.46. The van der Waals surface area contributed by atoms with Gasteiger partial charge in [0.2, 0.25) is 0 Å². The Labute approximate surface area is 118 Å². The first-order chi connectivity index (χ1) is 9.72. The predicted molar refractivity (Wildman–Crippen MR) is 73.9 cm³/mol. The van der Waals surface area contributed by atoms with E-state index in [1.807, 2.05) is 12.1 Å². The molecule has 1 aliphatic rings. The van der Waals surface area contributed by atoms with Crippen molar-refractivity contribution in [2.75, 3.05) is 26.9 Å². The van der Waals surface area contributed by atoms with E-state index in [1.165, 1.54) is 6.08 Å². The van der Waals surface area contributed by atoms with Crippen LogP contribution in [0.3, 0.4) is 0 Å². The van der Waals surface area contributed by atoms with Crippen molar-refractivity contribution in [1.82, 2.24) is 0 Å². The van der Waals surface area contributed by atoms with E-state index in [9.17, 15) is 4.79 Å². The summed E-state index contributed by atoms with van der Waals surface area (Å²) in [6.45, 7) is 3.41. The van der Waals surface area contributed by atoms with Gasteiger partial charge in [0.25, 0.3) is 0 Å². The SMILES string of the molecule is CCOC(=O)/C=C/c1ccc(OCC2CO2)c(OC)c1. The normalized spacial score (nSPS) is 17.0. The van der Waals surface area contributed by atoms with Crippen molar-refractivity contribution in [3.8, 4) is 11.5 Å². The second kappa shape index (κ2) is 6.96. The highest BCUT2D eigenvalue weighted by molar-refractivity contribution is 5.87. The molecule has 0 saturated carbocycles. The lowest BCUT2D eigenvalue weighted by Gasteiger charge is -2.10. The lowest BCUT2D eigenvalue weighted by Crippen LogP contribution is -2.05. The van der Waals surface area contributed by atoms with Gasteiger partial charge in [-0.25, -0.2) is 4.79 Å². The fraction of sp³-hybridized carbons (Fsp3) is 0.400. The van der Waals surface area contributed by atoms with Gasteiger partial charge in [-0.3, -0.25) is 0 Å². The van der Waals surface area contributed by atoms with E-state index in [2.05, 4.69) is 0 Å². The molecule has 0 aliphatic carbocycles. The standard InChI is InChI=1S/C15H18O5/c1-3-18-15(16)7-5-11-4-6-13(14(8-11)17-2)20-10-12-9-19-12/h4-8,12H,3,9-10H2,1-2H3/b7-5+. The fourth-order valence-electron chi connectivity index (χ4n) is 1.61. The Morgan fingerprint density at radius 3 is 2.90 bits per heavy atom. The molecule has 20 heavy (non-hydrogen) atoms. The van der Waals surface area contributed by atoms with Gasteiger partial charge < -0.3 is 18.9 Å². The van der Waals surface area contributed by atoms with E-state index in [-0.39, 0.29) is 12.1 Å². The number of methoxy groups -OCH3 is 1. The van der Waals surface area contributed by atoms with Gasteiger partial charge in [-0.1, -0.05) is 6.07 Å². The summed E-state index contributed by atoms with van der Waals surface area (Å²) in [5, 5.41) is 0. The van der Waals surface area contributed by atoms with Crippen LogP contribution in [-0.2, 0) is 14.3 Å². The molecule has 1 saturated heterocycles. The highest BCUT2D eigenvalue weighted by atomic mass is 16.6. The minimum atomic E-state index is -0.363. The van der Waals surface area contributed by atoms with Crippen LogP contribution in [0.2, 0.25) is 0 Å². The average Bonchev–Trinajstić information content (AvgIpc) is 3.27. The van der Waals surface area contributed by atoms with Crippen LogP contribution >= 0.6 is 0 Å². The molecule has 1 aliphatic heterocycles. The number of esters is 1. The van der Waals surface area contributed by atoms with Gasteiger partial charge in [0.05, 0.1) is 20.3 Å². The van der Waals surface area contributed by atoms with Gasteiger partial charge in [0.1, 0.15) is 12.7 Å². The van der Waals surface area contributed by atoms with Crippen LogP contribution in [0.4, 0.5) is 0 Å². The zero-order valence-electron chi connectivity index (χ0n) is 11.6. The van der Waals surface area contributed by atoms with E-state index >= 15 is 0 Å². The first-order valence-electron chi connectivity index (χ1n) is 6.50. The molecule has 0 bridgehead atoms. The van der Waals surface area contributed by atoms with Crippen LogP contribution < -0.4 is 9.47 Å². The molecule has 5 nitrogen and oxygen atoms in total. The van der Waals surface area contributed by atoms with E-state index in [0.29, 0.717) is 24.7 Å². The number of hydrogen-bond donors (Lipinski definition) is 0. The molecule has 0 spiro atoms. The zero-order chi connectivity index (χ0) is 14.4. The molecular formula is C15H18O5. The third kappa shape index (κ3) is 4.28. The Balaban J connectivity index is 2.01. The summed E-state index contributed by atoms with van der Waals surface area (Å²) in [7, 11) is 1.58. The molecule has 0 N–H and O–H groups in total. The van der Waals surface area contributed by atoms with Crippen molar-refractivity contribution >= 4 is 12.0 Å². The Kier molecular flexibility index (Phi) is 5.01. The maximum absolute atomic E-state index is 11.2. The lowest BCUT2D eigenvalue weighted by molar-refractivity contribution is -0.137. The smallest absolute Gasteiger partial charge is 0.330 e. The first-order valence-corrected chi connectivity index (χ1v) is 6.50. The molecule has 0 aromatic heterocycles. The number of benzene rings is 1. The summed E-state index contributed by atoms with van der Waals surface area (Å²) in [4.78, 5) is 11.2. The molecule has 108 valence electrons. The van der Waals surface area contributed by atoms with E-state index in [4.69, 9.17) is 18.9 Å². The Morgan fingerprint density at radius 1 is 1.45 bits per heavy atom. The van der Waals surface area contributed by atoms with Crippen molar-refractivity contribution in [1.29, 1.82) is 0 Å². The van der Waals surface area contributed by atoms with Gasteiger partial charge in [-0.2, -0.15) is 0 Å². The number of hydrogen-bond acceptors (Lipinski definition) is 5. The Morgan fingerprint density at radius 2 is 2.25 bits per heavy atom. The zero-order valence-corrected chi connectivity index (χ0v) is 11.6. The lowest BCUT2D eigenvalue weighted by atomic mass is 10.2. The van der Waals surface area contributed by atoms with Crippen LogP contribution in [0.1, 0.15) is 12.5 Å². The number of rotatable bonds is 7. The van der Waals surface area contributed by atoms with Gasteiger partial charge in [-0.05, 0) is 30.7 Å². The van der Waals surface area contributed by atoms with E-state index in [0.717, 1.165) is 12.2 Å². The molecule has 1 aromatic carbocycles. The number of epoxide rings is 1. The Bertz CT molecular complexity index is 491. The minimum Gasteiger partial charge on any atom is -0.493 e. The summed E-state index contributed by atoms with van der Waals surface area (Å²) in [5.74, 6) is 0.922. The molecule has 5 heteroatoms. The second-order valence-electron chi connectivity index (χ2n) is 4.26. The van der Waals surface area contributed by atoms with Crippen molar-refractivity contribution in [3.05, 3.63) is 29.8 Å². The summed E-state index contributed by atoms with van der Waals surface area (Å²) in [5.41, 5.74) is 0.838. The van der Waals surface area contributed by atoms with Crippen molar-refractivity contribution in [2.45, 2.75) is 13.0 Å². The van der Waals surface area contributed by atoms with E-state index < -0.39 is 0 Å². The van der Waals surface area contributed by atoms with E-state index in [1.54, 1.807) is 26.2 Å². The fourth-order valence-corrected chi connectivity index (χ4v) is 1.61. The molecule has 1 unspecified atom stereocenters. The quantitative estimate of drug-likeness (QED) is 0.434. The molecular weight excluding hydrogens is 260 g/mol. The van der Waals surface area contributed by atoms with Crippen LogP contribution in [0.15, 0.2) is 24.3 Å². The summed E-state index contributed by atoms with van der Waals surface area (Å²) in [6.07, 6.45) is 3.26. The highest BCUT2D eigenvalue weighted by Crippen LogP contribution is 2.29. The van der Waals surface area contributed by atoms with Crippen molar-refractivity contribution < 1.29 is 23.7 Å². The van der Waals surface area contributed by atoms with Gasteiger partial charge in [0, 0.05) is 6.08 Å². The van der Waals surface area contributed by atoms with Crippen LogP contribution in [0.25, 0.3) is 6.08 Å². The van der Waals surface area contributed by atoms with Gasteiger partial charge in [0.15, 0.2) is 11.5 Å². The molecule has 0 amide bonds. The summed E-state index contributed by atoms with van der Waals surface area (Å²) >= 11 is 0. The Hall–Kier alpha value is -2.01. The van der Waals surface area contributed by atoms with Crippen molar-refractivity contribution in [3.63, 3.8) is 0 Å². The third-order valence-electron chi connectivity index (χ3n) is 2.71. The first kappa shape index (κ1) is 14.4. The molecule has 2 rings (SSSR count). The molecule has 1 heterocycles. The molecule has 1 atom stereocenters. The number of carbonyl (C=O) groups is 1. The molecule has 0 radical (unpaired) electrons. The highest BCUT2D eigenvalue weighted by Gasteiger charge is 2.23. The maximum atomic E-state index is 11.2. The maximum Gasteiger partial charge on any atom is 0.330 e. The van der Waals surface area contributed by atoms with Crippen LogP contribution in [-0.4, -0.2) is 39.0 Å². The summed E-state index contributed by atoms with van der Waals surface area (Å²) < 4.78 is 20.8. The van der Waals surface area contributed by atoms with Gasteiger partial charge in [-0.15, -0.1) is 0 Å². The van der Waals surface area contributed by atoms with Crippen molar-refractivity contribution in [2.24, 2.45) is 0 Å².